The highest BCUT2D eigenvalue weighted by molar-refractivity contribution is 6.00. The fourth-order valence-corrected chi connectivity index (χ4v) is 2.75. The van der Waals surface area contributed by atoms with Crippen LogP contribution in [0.2, 0.25) is 0 Å². The van der Waals surface area contributed by atoms with Gasteiger partial charge in [0.25, 0.3) is 0 Å². The van der Waals surface area contributed by atoms with E-state index in [1.165, 1.54) is 0 Å². The van der Waals surface area contributed by atoms with Crippen LogP contribution in [0.5, 0.6) is 11.5 Å². The molecule has 1 aromatic rings. The minimum absolute atomic E-state index is 0.100. The molecule has 8 nitrogen and oxygen atoms in total. The number of fused-ring (bicyclic) bond motifs is 1. The van der Waals surface area contributed by atoms with Crippen molar-refractivity contribution in [3.05, 3.63) is 23.8 Å². The topological polar surface area (TPSA) is 129 Å². The van der Waals surface area contributed by atoms with E-state index >= 15 is 0 Å². The number of ketones is 1. The van der Waals surface area contributed by atoms with Crippen molar-refractivity contribution in [3.8, 4) is 11.5 Å². The molecule has 1 amide bonds. The summed E-state index contributed by atoms with van der Waals surface area (Å²) < 4.78 is 10.5. The maximum Gasteiger partial charge on any atom is 0.238 e. The fourth-order valence-electron chi connectivity index (χ4n) is 2.75. The summed E-state index contributed by atoms with van der Waals surface area (Å²) in [7, 11) is 0. The predicted octanol–water partition coefficient (Wildman–Crippen LogP) is 0.495. The molecule has 0 fully saturated rings. The van der Waals surface area contributed by atoms with Crippen LogP contribution in [0.1, 0.15) is 43.5 Å². The molecular weight excluding hydrogens is 336 g/mol. The van der Waals surface area contributed by atoms with Crippen LogP contribution in [-0.2, 0) is 4.79 Å². The molecule has 8 heteroatoms. The van der Waals surface area contributed by atoms with Crippen molar-refractivity contribution in [2.45, 2.75) is 51.4 Å². The van der Waals surface area contributed by atoms with Crippen LogP contribution in [0.4, 0.5) is 0 Å². The van der Waals surface area contributed by atoms with Gasteiger partial charge in [-0.25, -0.2) is 0 Å². The highest BCUT2D eigenvalue weighted by Gasteiger charge is 2.22. The van der Waals surface area contributed by atoms with Gasteiger partial charge in [0.15, 0.2) is 17.3 Å². The van der Waals surface area contributed by atoms with E-state index in [-0.39, 0.29) is 18.5 Å². The highest BCUT2D eigenvalue weighted by Crippen LogP contribution is 2.32. The van der Waals surface area contributed by atoms with Crippen molar-refractivity contribution in [2.75, 3.05) is 13.3 Å². The van der Waals surface area contributed by atoms with Crippen molar-refractivity contribution in [3.63, 3.8) is 0 Å². The van der Waals surface area contributed by atoms with Crippen molar-refractivity contribution >= 4 is 11.7 Å². The van der Waals surface area contributed by atoms with Gasteiger partial charge >= 0.3 is 0 Å². The number of benzene rings is 1. The van der Waals surface area contributed by atoms with Gasteiger partial charge in [0.1, 0.15) is 0 Å². The molecule has 0 spiro atoms. The number of amides is 1. The third-order valence-electron chi connectivity index (χ3n) is 4.22. The quantitative estimate of drug-likeness (QED) is 0.270. The summed E-state index contributed by atoms with van der Waals surface area (Å²) in [6, 6.07) is 4.02. The number of hydrogen-bond donors (Lipinski definition) is 4. The van der Waals surface area contributed by atoms with Crippen molar-refractivity contribution in [1.82, 2.24) is 10.6 Å². The lowest BCUT2D eigenvalue weighted by Crippen LogP contribution is -2.53. The lowest BCUT2D eigenvalue weighted by molar-refractivity contribution is -0.123. The molecule has 0 saturated heterocycles. The van der Waals surface area contributed by atoms with E-state index in [1.54, 1.807) is 32.0 Å². The number of carbonyl (C=O) groups is 2. The van der Waals surface area contributed by atoms with Crippen molar-refractivity contribution in [1.29, 1.82) is 0 Å². The van der Waals surface area contributed by atoms with Crippen LogP contribution in [0.15, 0.2) is 18.2 Å². The summed E-state index contributed by atoms with van der Waals surface area (Å²) in [6.45, 7) is 4.27. The monoisotopic (exact) mass is 364 g/mol. The number of rotatable bonds is 10. The van der Waals surface area contributed by atoms with Crippen LogP contribution in [0, 0.1) is 0 Å². The predicted molar refractivity (Wildman–Crippen MR) is 98.0 cm³/mol. The Morgan fingerprint density at radius 3 is 2.65 bits per heavy atom. The molecule has 3 atom stereocenters. The second-order valence-electron chi connectivity index (χ2n) is 6.44. The summed E-state index contributed by atoms with van der Waals surface area (Å²) in [6.07, 6.45) is 1.85. The Hall–Kier alpha value is -2.16. The standard InChI is InChI=1S/C18H28N4O4/c1-11(17(23)13-6-7-15-16(9-13)26-10-25-15)21-12(2)22-18(24)14(20)5-3-4-8-19/h6-7,9,11-12,14,21H,3-5,8,10,19-20H2,1-2H3,(H,22,24). The Morgan fingerprint density at radius 2 is 1.92 bits per heavy atom. The van der Waals surface area contributed by atoms with Crippen LogP contribution in [0.3, 0.4) is 0 Å². The summed E-state index contributed by atoms with van der Waals surface area (Å²) in [5.41, 5.74) is 11.8. The lowest BCUT2D eigenvalue weighted by atomic mass is 10.0. The normalized spacial score (nSPS) is 16.0. The minimum Gasteiger partial charge on any atom is -0.454 e. The number of ether oxygens (including phenoxy) is 2. The van der Waals surface area contributed by atoms with Gasteiger partial charge in [0.2, 0.25) is 12.7 Å². The Kier molecular flexibility index (Phi) is 7.38. The molecule has 6 N–H and O–H groups in total. The lowest BCUT2D eigenvalue weighted by Gasteiger charge is -2.22. The fraction of sp³-hybridized carbons (Fsp3) is 0.556. The molecule has 1 aromatic carbocycles. The van der Waals surface area contributed by atoms with Gasteiger partial charge in [-0.1, -0.05) is 6.42 Å². The van der Waals surface area contributed by atoms with Gasteiger partial charge in [-0.05, 0) is 51.4 Å². The van der Waals surface area contributed by atoms with E-state index in [4.69, 9.17) is 20.9 Å². The third kappa shape index (κ3) is 5.42. The third-order valence-corrected chi connectivity index (χ3v) is 4.22. The van der Waals surface area contributed by atoms with E-state index in [0.717, 1.165) is 12.8 Å². The summed E-state index contributed by atoms with van der Waals surface area (Å²) in [5.74, 6) is 0.848. The first-order valence-corrected chi connectivity index (χ1v) is 8.88. The van der Waals surface area contributed by atoms with Gasteiger partial charge in [0.05, 0.1) is 18.2 Å². The minimum atomic E-state index is -0.578. The smallest absolute Gasteiger partial charge is 0.238 e. The average molecular weight is 364 g/mol. The van der Waals surface area contributed by atoms with Crippen LogP contribution in [0.25, 0.3) is 0 Å². The molecule has 0 saturated carbocycles. The number of nitrogens with two attached hydrogens (primary N) is 2. The molecule has 0 aromatic heterocycles. The highest BCUT2D eigenvalue weighted by atomic mass is 16.7. The second kappa shape index (κ2) is 9.51. The van der Waals surface area contributed by atoms with Crippen molar-refractivity contribution in [2.24, 2.45) is 11.5 Å². The van der Waals surface area contributed by atoms with Crippen LogP contribution < -0.4 is 31.6 Å². The van der Waals surface area contributed by atoms with Crippen LogP contribution >= 0.6 is 0 Å². The maximum atomic E-state index is 12.6. The zero-order chi connectivity index (χ0) is 19.1. The van der Waals surface area contributed by atoms with E-state index in [1.807, 2.05) is 0 Å². The number of Topliss-reactive ketones (excluding diaryl/α,β-unsaturated/α-hetero) is 1. The average Bonchev–Trinajstić information content (AvgIpc) is 3.08. The first-order valence-electron chi connectivity index (χ1n) is 8.88. The van der Waals surface area contributed by atoms with Gasteiger partial charge in [-0.3, -0.25) is 14.9 Å². The molecule has 1 heterocycles. The zero-order valence-electron chi connectivity index (χ0n) is 15.3. The molecular formula is C18H28N4O4. The zero-order valence-corrected chi connectivity index (χ0v) is 15.3. The SMILES string of the molecule is CC(NC(=O)C(N)CCCCN)NC(C)C(=O)c1ccc2c(c1)OCO2. The van der Waals surface area contributed by atoms with E-state index in [9.17, 15) is 9.59 Å². The molecule has 0 aliphatic carbocycles. The summed E-state index contributed by atoms with van der Waals surface area (Å²) >= 11 is 0. The number of nitrogens with one attached hydrogen (secondary N) is 2. The molecule has 1 aliphatic heterocycles. The number of unbranched alkanes of at least 4 members (excludes halogenated alkanes) is 1. The van der Waals surface area contributed by atoms with Gasteiger partial charge in [-0.2, -0.15) is 0 Å². The van der Waals surface area contributed by atoms with Crippen molar-refractivity contribution < 1.29 is 19.1 Å². The summed E-state index contributed by atoms with van der Waals surface area (Å²) in [4.78, 5) is 24.6. The van der Waals surface area contributed by atoms with Gasteiger partial charge in [-0.15, -0.1) is 0 Å². The Labute approximate surface area is 153 Å². The summed E-state index contributed by atoms with van der Waals surface area (Å²) in [5, 5.41) is 5.85. The molecule has 0 radical (unpaired) electrons. The first-order chi connectivity index (χ1) is 12.4. The molecule has 144 valence electrons. The molecule has 26 heavy (non-hydrogen) atoms. The largest absolute Gasteiger partial charge is 0.454 e. The molecule has 0 bridgehead atoms. The van der Waals surface area contributed by atoms with E-state index in [0.29, 0.717) is 30.0 Å². The van der Waals surface area contributed by atoms with Gasteiger partial charge in [0, 0.05) is 5.56 Å². The second-order valence-corrected chi connectivity index (χ2v) is 6.44. The Balaban J connectivity index is 1.83. The Bertz CT molecular complexity index is 638. The first kappa shape index (κ1) is 20.2. The molecule has 2 rings (SSSR count). The molecule has 3 unspecified atom stereocenters. The van der Waals surface area contributed by atoms with Gasteiger partial charge < -0.3 is 26.3 Å². The van der Waals surface area contributed by atoms with E-state index < -0.39 is 18.2 Å². The number of hydrogen-bond acceptors (Lipinski definition) is 7. The molecule has 1 aliphatic rings. The Morgan fingerprint density at radius 1 is 1.19 bits per heavy atom. The maximum absolute atomic E-state index is 12.6. The van der Waals surface area contributed by atoms with E-state index in [2.05, 4.69) is 10.6 Å². The van der Waals surface area contributed by atoms with Crippen LogP contribution in [-0.4, -0.2) is 43.3 Å². The number of carbonyl (C=O) groups excluding carboxylic acids is 2.